The topological polar surface area (TPSA) is 34.0 Å². The Kier molecular flexibility index (Phi) is 3.54. The zero-order chi connectivity index (χ0) is 15.1. The molecule has 3 rings (SSSR count). The number of carbonyl (C=O) groups is 1. The molecule has 0 spiro atoms. The molecule has 1 aromatic heterocycles. The molecule has 0 bridgehead atoms. The fourth-order valence-corrected chi connectivity index (χ4v) is 2.96. The highest BCUT2D eigenvalue weighted by Gasteiger charge is 2.34. The molecule has 0 saturated heterocycles. The average Bonchev–Trinajstić information content (AvgIpc) is 3.01. The minimum Gasteiger partial charge on any atom is -0.349 e. The number of nitrogens with one attached hydrogen (secondary N) is 1. The molecule has 1 aliphatic rings. The van der Waals surface area contributed by atoms with Crippen molar-refractivity contribution in [1.82, 2.24) is 9.88 Å². The van der Waals surface area contributed by atoms with Crippen LogP contribution in [0.1, 0.15) is 35.1 Å². The summed E-state index contributed by atoms with van der Waals surface area (Å²) in [6.07, 6.45) is 1.08. The molecule has 1 N–H and O–H groups in total. The maximum absolute atomic E-state index is 12.4. The van der Waals surface area contributed by atoms with E-state index < -0.39 is 0 Å². The van der Waals surface area contributed by atoms with E-state index in [2.05, 4.69) is 16.8 Å². The van der Waals surface area contributed by atoms with Gasteiger partial charge in [0, 0.05) is 28.1 Å². The lowest BCUT2D eigenvalue weighted by molar-refractivity contribution is 0.0948. The molecular weight excluding hydrogens is 284 g/mol. The van der Waals surface area contributed by atoms with E-state index in [-0.39, 0.29) is 5.91 Å². The van der Waals surface area contributed by atoms with Crippen molar-refractivity contribution >= 4 is 17.5 Å². The number of rotatable bonds is 3. The lowest BCUT2D eigenvalue weighted by atomic mass is 10.2. The van der Waals surface area contributed by atoms with Crippen LogP contribution < -0.4 is 5.32 Å². The molecule has 0 aliphatic heterocycles. The number of aryl methyl sites for hydroxylation is 1. The molecule has 3 nitrogen and oxygen atoms in total. The van der Waals surface area contributed by atoms with Crippen LogP contribution in [-0.2, 0) is 0 Å². The smallest absolute Gasteiger partial charge is 0.253 e. The molecule has 1 saturated carbocycles. The van der Waals surface area contributed by atoms with Crippen molar-refractivity contribution in [2.45, 2.75) is 33.2 Å². The lowest BCUT2D eigenvalue weighted by Crippen LogP contribution is -2.26. The molecule has 2 aromatic rings. The van der Waals surface area contributed by atoms with E-state index >= 15 is 0 Å². The third kappa shape index (κ3) is 2.70. The Balaban J connectivity index is 1.94. The molecule has 0 radical (unpaired) electrons. The first-order valence-corrected chi connectivity index (χ1v) is 7.61. The van der Waals surface area contributed by atoms with Gasteiger partial charge in [0.15, 0.2) is 0 Å². The lowest BCUT2D eigenvalue weighted by Gasteiger charge is -2.10. The minimum absolute atomic E-state index is 0.0192. The second-order valence-electron chi connectivity index (χ2n) is 5.89. The fourth-order valence-electron chi connectivity index (χ4n) is 2.77. The SMILES string of the molecule is Cc1cc(C(=O)NC2CC2C)c(C)n1-c1cccc(Cl)c1. The van der Waals surface area contributed by atoms with E-state index in [0.29, 0.717) is 17.0 Å². The Bertz CT molecular complexity index is 705. The first kappa shape index (κ1) is 14.2. The zero-order valence-corrected chi connectivity index (χ0v) is 13.2. The minimum atomic E-state index is 0.0192. The number of nitrogens with zero attached hydrogens (tertiary/aromatic N) is 1. The van der Waals surface area contributed by atoms with Crippen LogP contribution >= 0.6 is 11.6 Å². The van der Waals surface area contributed by atoms with Crippen molar-refractivity contribution in [3.8, 4) is 5.69 Å². The van der Waals surface area contributed by atoms with Crippen LogP contribution in [0.2, 0.25) is 5.02 Å². The van der Waals surface area contributed by atoms with Gasteiger partial charge in [-0.1, -0.05) is 24.6 Å². The predicted octanol–water partition coefficient (Wildman–Crippen LogP) is 3.89. The molecule has 1 fully saturated rings. The van der Waals surface area contributed by atoms with Crippen molar-refractivity contribution in [3.05, 3.63) is 52.3 Å². The largest absolute Gasteiger partial charge is 0.349 e. The Morgan fingerprint density at radius 2 is 2.05 bits per heavy atom. The summed E-state index contributed by atoms with van der Waals surface area (Å²) >= 11 is 6.07. The second-order valence-corrected chi connectivity index (χ2v) is 6.33. The molecule has 2 unspecified atom stereocenters. The zero-order valence-electron chi connectivity index (χ0n) is 12.5. The van der Waals surface area contributed by atoms with E-state index in [9.17, 15) is 4.79 Å². The summed E-state index contributed by atoms with van der Waals surface area (Å²) in [5.41, 5.74) is 3.70. The molecule has 2 atom stereocenters. The first-order chi connectivity index (χ1) is 9.97. The number of halogens is 1. The highest BCUT2D eigenvalue weighted by molar-refractivity contribution is 6.30. The monoisotopic (exact) mass is 302 g/mol. The van der Waals surface area contributed by atoms with Gasteiger partial charge in [-0.25, -0.2) is 0 Å². The van der Waals surface area contributed by atoms with Crippen LogP contribution in [0, 0.1) is 19.8 Å². The molecule has 21 heavy (non-hydrogen) atoms. The van der Waals surface area contributed by atoms with Crippen LogP contribution in [-0.4, -0.2) is 16.5 Å². The highest BCUT2D eigenvalue weighted by atomic mass is 35.5. The Morgan fingerprint density at radius 3 is 2.67 bits per heavy atom. The van der Waals surface area contributed by atoms with Gasteiger partial charge in [0.2, 0.25) is 0 Å². The van der Waals surface area contributed by atoms with Crippen molar-refractivity contribution < 1.29 is 4.79 Å². The quantitative estimate of drug-likeness (QED) is 0.917. The summed E-state index contributed by atoms with van der Waals surface area (Å²) in [5, 5.41) is 3.78. The first-order valence-electron chi connectivity index (χ1n) is 7.23. The molecule has 1 heterocycles. The summed E-state index contributed by atoms with van der Waals surface area (Å²) in [7, 11) is 0. The van der Waals surface area contributed by atoms with Gasteiger partial charge in [-0.05, 0) is 50.5 Å². The van der Waals surface area contributed by atoms with Gasteiger partial charge < -0.3 is 9.88 Å². The molecule has 110 valence electrons. The van der Waals surface area contributed by atoms with Crippen LogP contribution in [0.4, 0.5) is 0 Å². The third-order valence-corrected chi connectivity index (χ3v) is 4.40. The summed E-state index contributed by atoms with van der Waals surface area (Å²) in [5.74, 6) is 0.621. The number of hydrogen-bond acceptors (Lipinski definition) is 1. The second kappa shape index (κ2) is 5.23. The normalized spacial score (nSPS) is 20.4. The maximum atomic E-state index is 12.4. The third-order valence-electron chi connectivity index (χ3n) is 4.17. The standard InChI is InChI=1S/C17H19ClN2O/c1-10-7-16(10)19-17(21)15-8-11(2)20(12(15)3)14-6-4-5-13(18)9-14/h4-6,8-10,16H,7H2,1-3H3,(H,19,21). The molecule has 4 heteroatoms. The Labute approximate surface area is 129 Å². The molecule has 1 amide bonds. The van der Waals surface area contributed by atoms with Gasteiger partial charge in [-0.15, -0.1) is 0 Å². The summed E-state index contributed by atoms with van der Waals surface area (Å²) in [6, 6.07) is 9.96. The van der Waals surface area contributed by atoms with Crippen LogP contribution in [0.25, 0.3) is 5.69 Å². The number of amides is 1. The van der Waals surface area contributed by atoms with E-state index in [0.717, 1.165) is 29.1 Å². The van der Waals surface area contributed by atoms with Crippen LogP contribution in [0.15, 0.2) is 30.3 Å². The summed E-state index contributed by atoms with van der Waals surface area (Å²) in [6.45, 7) is 6.13. The summed E-state index contributed by atoms with van der Waals surface area (Å²) in [4.78, 5) is 12.4. The van der Waals surface area contributed by atoms with E-state index in [4.69, 9.17) is 11.6 Å². The van der Waals surface area contributed by atoms with E-state index in [1.165, 1.54) is 0 Å². The van der Waals surface area contributed by atoms with Gasteiger partial charge >= 0.3 is 0 Å². The van der Waals surface area contributed by atoms with Crippen LogP contribution in [0.3, 0.4) is 0 Å². The van der Waals surface area contributed by atoms with Gasteiger partial charge in [0.25, 0.3) is 5.91 Å². The van der Waals surface area contributed by atoms with Gasteiger partial charge in [-0.2, -0.15) is 0 Å². The molecule has 1 aliphatic carbocycles. The van der Waals surface area contributed by atoms with Gasteiger partial charge in [-0.3, -0.25) is 4.79 Å². The predicted molar refractivity (Wildman–Crippen MR) is 85.3 cm³/mol. The van der Waals surface area contributed by atoms with Gasteiger partial charge in [0.05, 0.1) is 5.56 Å². The van der Waals surface area contributed by atoms with E-state index in [1.54, 1.807) is 0 Å². The van der Waals surface area contributed by atoms with Crippen molar-refractivity contribution in [2.24, 2.45) is 5.92 Å². The molecular formula is C17H19ClN2O. The van der Waals surface area contributed by atoms with Crippen molar-refractivity contribution in [3.63, 3.8) is 0 Å². The maximum Gasteiger partial charge on any atom is 0.253 e. The fraction of sp³-hybridized carbons (Fsp3) is 0.353. The molecule has 1 aromatic carbocycles. The van der Waals surface area contributed by atoms with E-state index in [1.807, 2.05) is 44.2 Å². The Morgan fingerprint density at radius 1 is 1.33 bits per heavy atom. The summed E-state index contributed by atoms with van der Waals surface area (Å²) < 4.78 is 2.07. The van der Waals surface area contributed by atoms with Crippen molar-refractivity contribution in [2.75, 3.05) is 0 Å². The number of aromatic nitrogens is 1. The van der Waals surface area contributed by atoms with Crippen LogP contribution in [0.5, 0.6) is 0 Å². The number of carbonyl (C=O) groups excluding carboxylic acids is 1. The average molecular weight is 303 g/mol. The Hall–Kier alpha value is -1.74. The highest BCUT2D eigenvalue weighted by Crippen LogP contribution is 2.30. The van der Waals surface area contributed by atoms with Crippen molar-refractivity contribution in [1.29, 1.82) is 0 Å². The van der Waals surface area contributed by atoms with Gasteiger partial charge in [0.1, 0.15) is 0 Å². The number of hydrogen-bond donors (Lipinski definition) is 1. The number of benzene rings is 1.